The Kier molecular flexibility index (Phi) is 7.93. The summed E-state index contributed by atoms with van der Waals surface area (Å²) in [5, 5.41) is 2.10. The van der Waals surface area contributed by atoms with E-state index in [2.05, 4.69) is 109 Å². The second-order valence-corrected chi connectivity index (χ2v) is 16.4. The van der Waals surface area contributed by atoms with Crippen molar-refractivity contribution >= 4 is 21.9 Å². The Hall–Kier alpha value is -8.35. The monoisotopic (exact) mass is 805 g/mol. The Bertz CT molecular complexity index is 3560. The average Bonchev–Trinajstić information content (AvgIpc) is 3.75. The van der Waals surface area contributed by atoms with Crippen molar-refractivity contribution in [2.75, 3.05) is 0 Å². The first-order chi connectivity index (χ1) is 31.2. The minimum absolute atomic E-state index is 0.131. The smallest absolute Gasteiger partial charge is 0.167 e. The third-order valence-corrected chi connectivity index (χ3v) is 12.8. The number of benzene rings is 8. The molecule has 2 bridgehead atoms. The number of nitrogens with zero attached hydrogens (tertiary/aromatic N) is 5. The van der Waals surface area contributed by atoms with Gasteiger partial charge in [-0.05, 0) is 68.8 Å². The number of hydrogen-bond donors (Lipinski definition) is 0. The maximum Gasteiger partial charge on any atom is 0.167 e. The highest BCUT2D eigenvalue weighted by Crippen LogP contribution is 2.56. The molecule has 0 spiro atoms. The quantitative estimate of drug-likeness (QED) is 0.167. The van der Waals surface area contributed by atoms with Crippen molar-refractivity contribution in [3.05, 3.63) is 234 Å². The minimum atomic E-state index is 0.131. The minimum Gasteiger partial charge on any atom is -0.455 e. The SMILES string of the molecule is c1ccc(-c2cnc(-c3ccc4c(c3)C3c5ccccc5C4c4cc(-c5ccc(-c6nc(-c7ccccc7)nc(-c7cccc8c7oc7ccccc78)n6)cc5)ccc43)cn2)cc1. The summed E-state index contributed by atoms with van der Waals surface area (Å²) in [5.41, 5.74) is 18.6. The first-order valence-corrected chi connectivity index (χ1v) is 21.3. The van der Waals surface area contributed by atoms with Crippen molar-refractivity contribution < 1.29 is 4.42 Å². The number of fused-ring (bicyclic) bond motifs is 3. The molecule has 0 aliphatic heterocycles. The Labute approximate surface area is 363 Å². The number of rotatable bonds is 6. The topological polar surface area (TPSA) is 77.6 Å². The first kappa shape index (κ1) is 35.4. The fourth-order valence-corrected chi connectivity index (χ4v) is 9.87. The van der Waals surface area contributed by atoms with E-state index in [4.69, 9.17) is 29.3 Å². The molecule has 0 saturated carbocycles. The van der Waals surface area contributed by atoms with Crippen LogP contribution in [-0.2, 0) is 0 Å². The molecule has 63 heavy (non-hydrogen) atoms. The molecule has 6 nitrogen and oxygen atoms in total. The van der Waals surface area contributed by atoms with E-state index in [9.17, 15) is 0 Å². The average molecular weight is 806 g/mol. The lowest BCUT2D eigenvalue weighted by molar-refractivity contribution is 0.669. The van der Waals surface area contributed by atoms with Gasteiger partial charge in [0.25, 0.3) is 0 Å². The molecule has 0 amide bonds. The fourth-order valence-electron chi connectivity index (χ4n) is 9.87. The van der Waals surface area contributed by atoms with Gasteiger partial charge in [0.1, 0.15) is 11.2 Å². The van der Waals surface area contributed by atoms with Gasteiger partial charge < -0.3 is 4.42 Å². The van der Waals surface area contributed by atoms with Crippen molar-refractivity contribution in [3.63, 3.8) is 0 Å². The highest BCUT2D eigenvalue weighted by Gasteiger charge is 2.41. The van der Waals surface area contributed by atoms with E-state index in [-0.39, 0.29) is 11.8 Å². The molecule has 3 aliphatic rings. The number of hydrogen-bond acceptors (Lipinski definition) is 6. The summed E-state index contributed by atoms with van der Waals surface area (Å²) in [6.45, 7) is 0. The van der Waals surface area contributed by atoms with Crippen LogP contribution in [0.3, 0.4) is 0 Å². The number of aromatic nitrogens is 5. The van der Waals surface area contributed by atoms with Gasteiger partial charge in [0.2, 0.25) is 0 Å². The van der Waals surface area contributed by atoms with Crippen LogP contribution in [0.25, 0.3) is 89.7 Å². The summed E-state index contributed by atoms with van der Waals surface area (Å²) in [6, 6.07) is 66.0. The van der Waals surface area contributed by atoms with E-state index >= 15 is 0 Å². The summed E-state index contributed by atoms with van der Waals surface area (Å²) in [4.78, 5) is 24.8. The molecular weight excluding hydrogens is 771 g/mol. The normalized spacial score (nSPS) is 14.7. The largest absolute Gasteiger partial charge is 0.455 e. The molecule has 14 rings (SSSR count). The molecule has 3 aliphatic carbocycles. The van der Waals surface area contributed by atoms with E-state index in [0.717, 1.165) is 66.7 Å². The van der Waals surface area contributed by atoms with Gasteiger partial charge >= 0.3 is 0 Å². The molecule has 6 heteroatoms. The number of para-hydroxylation sites is 2. The summed E-state index contributed by atoms with van der Waals surface area (Å²) in [6.07, 6.45) is 3.78. The van der Waals surface area contributed by atoms with Crippen LogP contribution < -0.4 is 0 Å². The van der Waals surface area contributed by atoms with Crippen LogP contribution in [0.5, 0.6) is 0 Å². The van der Waals surface area contributed by atoms with Crippen molar-refractivity contribution in [1.82, 2.24) is 24.9 Å². The molecule has 3 heterocycles. The van der Waals surface area contributed by atoms with E-state index in [1.165, 1.54) is 38.9 Å². The molecule has 8 aromatic carbocycles. The lowest BCUT2D eigenvalue weighted by atomic mass is 9.60. The second kappa shape index (κ2) is 14.1. The Morgan fingerprint density at radius 1 is 0.333 bits per heavy atom. The maximum absolute atomic E-state index is 6.43. The molecule has 2 atom stereocenters. The van der Waals surface area contributed by atoms with Crippen molar-refractivity contribution in [3.8, 4) is 67.8 Å². The fraction of sp³-hybridized carbons (Fsp3) is 0.0351. The predicted molar refractivity (Wildman–Crippen MR) is 250 cm³/mol. The van der Waals surface area contributed by atoms with Crippen LogP contribution >= 0.6 is 0 Å². The summed E-state index contributed by atoms with van der Waals surface area (Å²) >= 11 is 0. The van der Waals surface area contributed by atoms with Crippen molar-refractivity contribution in [1.29, 1.82) is 0 Å². The zero-order valence-electron chi connectivity index (χ0n) is 33.9. The lowest BCUT2D eigenvalue weighted by Crippen LogP contribution is -2.27. The van der Waals surface area contributed by atoms with Crippen LogP contribution in [0, 0.1) is 0 Å². The van der Waals surface area contributed by atoms with Crippen LogP contribution in [0.2, 0.25) is 0 Å². The predicted octanol–water partition coefficient (Wildman–Crippen LogP) is 13.6. The molecule has 11 aromatic rings. The van der Waals surface area contributed by atoms with Gasteiger partial charge in [0.15, 0.2) is 17.5 Å². The van der Waals surface area contributed by atoms with E-state index < -0.39 is 0 Å². The standard InChI is InChI=1S/C57H35N5O/c1-3-12-35(13-4-1)49-32-59-50(33-58-49)39-27-29-44-48(31-39)53-42-18-8-7-17-41(42)52(44)47-30-38(26-28-43(47)53)34-22-24-37(25-23-34)56-60-55(36-14-5-2-6-15-36)61-57(62-56)46-20-11-19-45-40-16-9-10-21-51(40)63-54(45)46/h1-33,52-53H. The lowest BCUT2D eigenvalue weighted by Gasteiger charge is -2.42. The van der Waals surface area contributed by atoms with E-state index in [0.29, 0.717) is 17.5 Å². The molecule has 0 saturated heterocycles. The van der Waals surface area contributed by atoms with E-state index in [1.54, 1.807) is 0 Å². The third kappa shape index (κ3) is 5.76. The number of furan rings is 1. The molecule has 3 aromatic heterocycles. The van der Waals surface area contributed by atoms with Crippen LogP contribution in [0.4, 0.5) is 0 Å². The van der Waals surface area contributed by atoms with Gasteiger partial charge in [-0.2, -0.15) is 0 Å². The molecule has 0 fully saturated rings. The summed E-state index contributed by atoms with van der Waals surface area (Å²) < 4.78 is 6.43. The Morgan fingerprint density at radius 2 is 0.825 bits per heavy atom. The summed E-state index contributed by atoms with van der Waals surface area (Å²) in [7, 11) is 0. The van der Waals surface area contributed by atoms with Crippen LogP contribution in [0.1, 0.15) is 45.2 Å². The Balaban J connectivity index is 0.860. The van der Waals surface area contributed by atoms with Crippen molar-refractivity contribution in [2.24, 2.45) is 0 Å². The van der Waals surface area contributed by atoms with Gasteiger partial charge in [-0.3, -0.25) is 9.97 Å². The Morgan fingerprint density at radius 3 is 1.51 bits per heavy atom. The summed E-state index contributed by atoms with van der Waals surface area (Å²) in [5.74, 6) is 2.05. The third-order valence-electron chi connectivity index (χ3n) is 12.8. The highest BCUT2D eigenvalue weighted by atomic mass is 16.3. The zero-order chi connectivity index (χ0) is 41.4. The van der Waals surface area contributed by atoms with Gasteiger partial charge in [-0.25, -0.2) is 15.0 Å². The molecule has 2 unspecified atom stereocenters. The second-order valence-electron chi connectivity index (χ2n) is 16.4. The maximum atomic E-state index is 6.43. The first-order valence-electron chi connectivity index (χ1n) is 21.3. The van der Waals surface area contributed by atoms with Gasteiger partial charge in [-0.15, -0.1) is 0 Å². The van der Waals surface area contributed by atoms with Gasteiger partial charge in [0.05, 0.1) is 29.3 Å². The molecule has 294 valence electrons. The van der Waals surface area contributed by atoms with Crippen LogP contribution in [-0.4, -0.2) is 24.9 Å². The van der Waals surface area contributed by atoms with Crippen LogP contribution in [0.15, 0.2) is 205 Å². The van der Waals surface area contributed by atoms with Gasteiger partial charge in [-0.1, -0.05) is 164 Å². The zero-order valence-corrected chi connectivity index (χ0v) is 33.9. The van der Waals surface area contributed by atoms with Gasteiger partial charge in [0, 0.05) is 44.9 Å². The van der Waals surface area contributed by atoms with Crippen molar-refractivity contribution in [2.45, 2.75) is 11.8 Å². The van der Waals surface area contributed by atoms with E-state index in [1.807, 2.05) is 91.3 Å². The molecular formula is C57H35N5O. The molecule has 0 radical (unpaired) electrons. The molecule has 0 N–H and O–H groups in total. The highest BCUT2D eigenvalue weighted by molar-refractivity contribution is 6.09.